The average molecular weight is 440 g/mol. The molecule has 3 rings (SSSR count). The van der Waals surface area contributed by atoms with Crippen LogP contribution in [-0.4, -0.2) is 37.2 Å². The molecule has 0 spiro atoms. The van der Waals surface area contributed by atoms with E-state index in [0.717, 1.165) is 29.4 Å². The fraction of sp³-hybridized carbons (Fsp3) is 0.333. The molecule has 0 saturated carbocycles. The van der Waals surface area contributed by atoms with Crippen LogP contribution in [0.1, 0.15) is 55.6 Å². The first kappa shape index (κ1) is 22.9. The largest absolute Gasteiger partial charge is 0.322 e. The number of hydrogen-bond donors (Lipinski definition) is 1. The quantitative estimate of drug-likeness (QED) is 0.534. The van der Waals surface area contributed by atoms with Crippen LogP contribution in [0.4, 0.5) is 5.69 Å². The van der Waals surface area contributed by atoms with Crippen LogP contribution in [0.3, 0.4) is 0 Å². The number of benzene rings is 2. The first-order valence-electron chi connectivity index (χ1n) is 10.5. The number of nitrogens with one attached hydrogen (secondary N) is 1. The Morgan fingerprint density at radius 2 is 1.77 bits per heavy atom. The molecule has 1 heterocycles. The topological polar surface area (TPSA) is 79.4 Å². The molecule has 1 aromatic heterocycles. The van der Waals surface area contributed by atoms with Gasteiger partial charge in [-0.05, 0) is 48.7 Å². The van der Waals surface area contributed by atoms with Gasteiger partial charge in [0.2, 0.25) is 10.0 Å². The van der Waals surface area contributed by atoms with E-state index in [1.54, 1.807) is 19.2 Å². The third-order valence-corrected chi connectivity index (χ3v) is 7.09. The summed E-state index contributed by atoms with van der Waals surface area (Å²) in [5, 5.41) is 3.66. The predicted octanol–water partition coefficient (Wildman–Crippen LogP) is 5.03. The molecule has 0 aliphatic carbocycles. The molecule has 2 aromatic carbocycles. The van der Waals surface area contributed by atoms with Gasteiger partial charge in [0.1, 0.15) is 0 Å². The Morgan fingerprint density at radius 1 is 1.10 bits per heavy atom. The Kier molecular flexibility index (Phi) is 7.08. The van der Waals surface area contributed by atoms with Gasteiger partial charge in [0.15, 0.2) is 0 Å². The number of amides is 1. The Balaban J connectivity index is 1.85. The van der Waals surface area contributed by atoms with Crippen molar-refractivity contribution in [2.75, 3.05) is 18.9 Å². The molecule has 7 heteroatoms. The van der Waals surface area contributed by atoms with Gasteiger partial charge >= 0.3 is 0 Å². The first-order chi connectivity index (χ1) is 14.7. The van der Waals surface area contributed by atoms with E-state index in [1.807, 2.05) is 51.1 Å². The maximum atomic E-state index is 13.0. The van der Waals surface area contributed by atoms with Crippen molar-refractivity contribution in [2.45, 2.75) is 44.4 Å². The molecule has 164 valence electrons. The van der Waals surface area contributed by atoms with Crippen LogP contribution < -0.4 is 5.32 Å². The number of hydrogen-bond acceptors (Lipinski definition) is 4. The van der Waals surface area contributed by atoms with Crippen molar-refractivity contribution in [1.82, 2.24) is 9.29 Å². The van der Waals surface area contributed by atoms with Gasteiger partial charge in [0.05, 0.1) is 16.0 Å². The molecular weight excluding hydrogens is 410 g/mol. The number of carbonyl (C=O) groups is 1. The maximum absolute atomic E-state index is 13.0. The summed E-state index contributed by atoms with van der Waals surface area (Å²) >= 11 is 0. The van der Waals surface area contributed by atoms with E-state index in [1.165, 1.54) is 16.4 Å². The van der Waals surface area contributed by atoms with Crippen molar-refractivity contribution in [1.29, 1.82) is 0 Å². The lowest BCUT2D eigenvalue weighted by atomic mass is 10.0. The van der Waals surface area contributed by atoms with E-state index in [9.17, 15) is 13.2 Å². The van der Waals surface area contributed by atoms with Crippen LogP contribution in [0.15, 0.2) is 59.5 Å². The van der Waals surface area contributed by atoms with Gasteiger partial charge < -0.3 is 5.32 Å². The normalized spacial score (nSPS) is 11.9. The highest BCUT2D eigenvalue weighted by Crippen LogP contribution is 2.24. The highest BCUT2D eigenvalue weighted by molar-refractivity contribution is 7.89. The number of pyridine rings is 1. The van der Waals surface area contributed by atoms with Crippen LogP contribution in [0, 0.1) is 0 Å². The molecular formula is C24H29N3O3S. The number of anilines is 1. The summed E-state index contributed by atoms with van der Waals surface area (Å²) in [6.45, 7) is 6.57. The fourth-order valence-electron chi connectivity index (χ4n) is 3.27. The lowest BCUT2D eigenvalue weighted by molar-refractivity contribution is 0.102. The van der Waals surface area contributed by atoms with Gasteiger partial charge in [0.25, 0.3) is 5.91 Å². The Labute approximate surface area is 184 Å². The molecule has 0 radical (unpaired) electrons. The van der Waals surface area contributed by atoms with E-state index in [0.29, 0.717) is 17.8 Å². The van der Waals surface area contributed by atoms with E-state index in [2.05, 4.69) is 10.3 Å². The summed E-state index contributed by atoms with van der Waals surface area (Å²) in [5.74, 6) is -0.0680. The van der Waals surface area contributed by atoms with E-state index >= 15 is 0 Å². The smallest absolute Gasteiger partial charge is 0.256 e. The number of unbranched alkanes of at least 4 members (excludes halogenated alkanes) is 1. The lowest BCUT2D eigenvalue weighted by Gasteiger charge is -2.17. The van der Waals surface area contributed by atoms with Crippen LogP contribution in [0.25, 0.3) is 10.9 Å². The minimum Gasteiger partial charge on any atom is -0.322 e. The van der Waals surface area contributed by atoms with Gasteiger partial charge in [-0.3, -0.25) is 9.78 Å². The average Bonchev–Trinajstić information content (AvgIpc) is 2.76. The van der Waals surface area contributed by atoms with Crippen LogP contribution in [0.2, 0.25) is 0 Å². The van der Waals surface area contributed by atoms with Crippen molar-refractivity contribution in [2.24, 2.45) is 0 Å². The zero-order chi connectivity index (χ0) is 22.6. The standard InChI is InChI=1S/C24H29N3O3S/c1-5-6-15-27(4)31(29,30)19-13-11-18(12-14-19)25-24(28)21-16-23(17(2)3)26-22-10-8-7-9-20(21)22/h7-14,16-17H,5-6,15H2,1-4H3,(H,25,28). The number of rotatable bonds is 8. The second-order valence-corrected chi connectivity index (χ2v) is 9.97. The molecule has 0 unspecified atom stereocenters. The zero-order valence-electron chi connectivity index (χ0n) is 18.4. The number of aromatic nitrogens is 1. The monoisotopic (exact) mass is 439 g/mol. The number of nitrogens with zero attached hydrogens (tertiary/aromatic N) is 2. The third kappa shape index (κ3) is 5.11. The first-order valence-corrected chi connectivity index (χ1v) is 12.0. The zero-order valence-corrected chi connectivity index (χ0v) is 19.2. The van der Waals surface area contributed by atoms with E-state index < -0.39 is 10.0 Å². The second-order valence-electron chi connectivity index (χ2n) is 7.93. The number of carbonyl (C=O) groups excluding carboxylic acids is 1. The van der Waals surface area contributed by atoms with Crippen molar-refractivity contribution >= 4 is 32.5 Å². The molecule has 0 aliphatic heterocycles. The molecule has 3 aromatic rings. The second kappa shape index (κ2) is 9.58. The van der Waals surface area contributed by atoms with E-state index in [-0.39, 0.29) is 16.7 Å². The van der Waals surface area contributed by atoms with Gasteiger partial charge in [-0.25, -0.2) is 12.7 Å². The van der Waals surface area contributed by atoms with Crippen LogP contribution >= 0.6 is 0 Å². The van der Waals surface area contributed by atoms with Crippen molar-refractivity contribution < 1.29 is 13.2 Å². The number of fused-ring (bicyclic) bond motifs is 1. The van der Waals surface area contributed by atoms with Crippen LogP contribution in [0.5, 0.6) is 0 Å². The van der Waals surface area contributed by atoms with Gasteiger partial charge in [-0.15, -0.1) is 0 Å². The Bertz CT molecular complexity index is 1170. The molecule has 0 aliphatic rings. The lowest BCUT2D eigenvalue weighted by Crippen LogP contribution is -2.27. The molecule has 0 saturated heterocycles. The summed E-state index contributed by atoms with van der Waals surface area (Å²) in [6.07, 6.45) is 1.73. The minimum absolute atomic E-state index is 0.186. The molecule has 1 amide bonds. The van der Waals surface area contributed by atoms with Crippen molar-refractivity contribution in [3.05, 3.63) is 65.9 Å². The summed E-state index contributed by atoms with van der Waals surface area (Å²) in [6, 6.07) is 15.7. The summed E-state index contributed by atoms with van der Waals surface area (Å²) in [5.41, 5.74) is 2.70. The highest BCUT2D eigenvalue weighted by atomic mass is 32.2. The Morgan fingerprint density at radius 3 is 2.42 bits per heavy atom. The van der Waals surface area contributed by atoms with Gasteiger partial charge in [-0.2, -0.15) is 0 Å². The highest BCUT2D eigenvalue weighted by Gasteiger charge is 2.20. The SMILES string of the molecule is CCCCN(C)S(=O)(=O)c1ccc(NC(=O)c2cc(C(C)C)nc3ccccc23)cc1. The van der Waals surface area contributed by atoms with Gasteiger partial charge in [-0.1, -0.05) is 45.4 Å². The van der Waals surface area contributed by atoms with Gasteiger partial charge in [0, 0.05) is 30.4 Å². The van der Waals surface area contributed by atoms with Crippen molar-refractivity contribution in [3.63, 3.8) is 0 Å². The number of para-hydroxylation sites is 1. The predicted molar refractivity (Wildman–Crippen MR) is 125 cm³/mol. The van der Waals surface area contributed by atoms with Crippen molar-refractivity contribution in [3.8, 4) is 0 Å². The Hall–Kier alpha value is -2.77. The van der Waals surface area contributed by atoms with E-state index in [4.69, 9.17) is 0 Å². The molecule has 1 N–H and O–H groups in total. The molecule has 0 atom stereocenters. The summed E-state index contributed by atoms with van der Waals surface area (Å²) < 4.78 is 26.7. The summed E-state index contributed by atoms with van der Waals surface area (Å²) in [7, 11) is -1.96. The number of sulfonamides is 1. The molecule has 6 nitrogen and oxygen atoms in total. The molecule has 31 heavy (non-hydrogen) atoms. The fourth-order valence-corrected chi connectivity index (χ4v) is 4.48. The maximum Gasteiger partial charge on any atom is 0.256 e. The molecule has 0 bridgehead atoms. The minimum atomic E-state index is -3.54. The summed E-state index contributed by atoms with van der Waals surface area (Å²) in [4.78, 5) is 17.9. The molecule has 0 fully saturated rings. The third-order valence-electron chi connectivity index (χ3n) is 5.22. The van der Waals surface area contributed by atoms with Crippen LogP contribution in [-0.2, 0) is 10.0 Å².